The number of hydrogen-bond donors (Lipinski definition) is 1. The van der Waals surface area contributed by atoms with Crippen LogP contribution in [0.1, 0.15) is 31.3 Å². The molecule has 3 heterocycles. The molecule has 5 rings (SSSR count). The van der Waals surface area contributed by atoms with E-state index in [1.807, 2.05) is 73.3 Å². The fourth-order valence-corrected chi connectivity index (χ4v) is 4.13. The first-order valence-corrected chi connectivity index (χ1v) is 11.3. The monoisotopic (exact) mass is 453 g/mol. The zero-order chi connectivity index (χ0) is 23.8. The van der Waals surface area contributed by atoms with Gasteiger partial charge in [-0.3, -0.25) is 4.68 Å². The molecule has 1 N–H and O–H groups in total. The van der Waals surface area contributed by atoms with Gasteiger partial charge in [0, 0.05) is 24.5 Å². The molecule has 0 saturated heterocycles. The van der Waals surface area contributed by atoms with Crippen LogP contribution in [0.15, 0.2) is 60.9 Å². The maximum atomic E-state index is 5.90. The summed E-state index contributed by atoms with van der Waals surface area (Å²) >= 11 is 0. The minimum atomic E-state index is 0.163. The minimum Gasteiger partial charge on any atom is -0.457 e. The summed E-state index contributed by atoms with van der Waals surface area (Å²) in [5.74, 6) is 3.07. The highest BCUT2D eigenvalue weighted by atomic mass is 16.5. The fraction of sp³-hybridized carbons (Fsp3) is 0.231. The highest BCUT2D eigenvalue weighted by Gasteiger charge is 2.23. The molecule has 0 radical (unpaired) electrons. The zero-order valence-corrected chi connectivity index (χ0v) is 19.9. The second kappa shape index (κ2) is 8.62. The molecule has 0 fully saturated rings. The lowest BCUT2D eigenvalue weighted by molar-refractivity contribution is 0.483. The van der Waals surface area contributed by atoms with E-state index in [1.165, 1.54) is 0 Å². The van der Waals surface area contributed by atoms with Crippen molar-refractivity contribution in [2.75, 3.05) is 5.32 Å². The van der Waals surface area contributed by atoms with Gasteiger partial charge in [-0.05, 0) is 64.1 Å². The number of fused-ring (bicyclic) bond motifs is 1. The van der Waals surface area contributed by atoms with E-state index in [-0.39, 0.29) is 6.04 Å². The Balaban J connectivity index is 1.51. The first-order chi connectivity index (χ1) is 16.4. The van der Waals surface area contributed by atoms with E-state index in [4.69, 9.17) is 9.72 Å². The minimum absolute atomic E-state index is 0.163. The summed E-state index contributed by atoms with van der Waals surface area (Å²) in [7, 11) is 1.95. The van der Waals surface area contributed by atoms with Crippen LogP contribution < -0.4 is 10.1 Å². The highest BCUT2D eigenvalue weighted by molar-refractivity contribution is 5.88. The number of para-hydroxylation sites is 1. The zero-order valence-electron chi connectivity index (χ0n) is 19.9. The van der Waals surface area contributed by atoms with Crippen molar-refractivity contribution in [1.82, 2.24) is 29.3 Å². The number of aromatic nitrogens is 6. The Morgan fingerprint density at radius 2 is 1.62 bits per heavy atom. The van der Waals surface area contributed by atoms with Crippen LogP contribution in [-0.4, -0.2) is 29.3 Å². The molecule has 5 aromatic rings. The maximum Gasteiger partial charge on any atom is 0.166 e. The third-order valence-corrected chi connectivity index (χ3v) is 5.82. The third-order valence-electron chi connectivity index (χ3n) is 5.82. The van der Waals surface area contributed by atoms with Crippen molar-refractivity contribution in [2.45, 2.75) is 33.7 Å². The Morgan fingerprint density at radius 1 is 0.912 bits per heavy atom. The molecular formula is C26H27N7O. The Kier molecular flexibility index (Phi) is 5.49. The van der Waals surface area contributed by atoms with Crippen LogP contribution in [-0.2, 0) is 7.05 Å². The molecule has 172 valence electrons. The van der Waals surface area contributed by atoms with Crippen LogP contribution in [0.2, 0.25) is 0 Å². The number of nitrogens with one attached hydrogen (secondary N) is 1. The van der Waals surface area contributed by atoms with Crippen LogP contribution in [0.4, 0.5) is 11.5 Å². The molecule has 0 aliphatic carbocycles. The summed E-state index contributed by atoms with van der Waals surface area (Å²) in [6.45, 7) is 8.33. The smallest absolute Gasteiger partial charge is 0.166 e. The van der Waals surface area contributed by atoms with Gasteiger partial charge in [-0.25, -0.2) is 15.0 Å². The molecule has 0 saturated carbocycles. The summed E-state index contributed by atoms with van der Waals surface area (Å²) in [6.07, 6.45) is 1.57. The average molecular weight is 454 g/mol. The van der Waals surface area contributed by atoms with Gasteiger partial charge in [0.15, 0.2) is 17.0 Å². The summed E-state index contributed by atoms with van der Waals surface area (Å²) in [4.78, 5) is 14.1. The lowest BCUT2D eigenvalue weighted by Gasteiger charge is -2.12. The van der Waals surface area contributed by atoms with Crippen LogP contribution >= 0.6 is 0 Å². The second-order valence-corrected chi connectivity index (χ2v) is 8.53. The van der Waals surface area contributed by atoms with Gasteiger partial charge in [-0.1, -0.05) is 18.2 Å². The van der Waals surface area contributed by atoms with E-state index in [0.29, 0.717) is 5.82 Å². The molecular weight excluding hydrogens is 426 g/mol. The molecule has 0 unspecified atom stereocenters. The van der Waals surface area contributed by atoms with Gasteiger partial charge >= 0.3 is 0 Å². The van der Waals surface area contributed by atoms with Crippen LogP contribution in [0, 0.1) is 13.8 Å². The van der Waals surface area contributed by atoms with Crippen molar-refractivity contribution < 1.29 is 4.74 Å². The van der Waals surface area contributed by atoms with Crippen LogP contribution in [0.5, 0.6) is 11.5 Å². The van der Waals surface area contributed by atoms with Crippen molar-refractivity contribution in [3.8, 4) is 22.9 Å². The highest BCUT2D eigenvalue weighted by Crippen LogP contribution is 2.34. The van der Waals surface area contributed by atoms with Crippen molar-refractivity contribution in [3.05, 3.63) is 72.3 Å². The first kappa shape index (κ1) is 21.6. The first-order valence-electron chi connectivity index (χ1n) is 11.3. The average Bonchev–Trinajstić information content (AvgIpc) is 3.32. The van der Waals surface area contributed by atoms with E-state index >= 15 is 0 Å². The van der Waals surface area contributed by atoms with E-state index in [9.17, 15) is 0 Å². The predicted octanol–water partition coefficient (Wildman–Crippen LogP) is 5.96. The van der Waals surface area contributed by atoms with E-state index in [2.05, 4.69) is 45.7 Å². The Hall–Kier alpha value is -4.20. The van der Waals surface area contributed by atoms with Gasteiger partial charge < -0.3 is 14.6 Å². The standard InChI is InChI=1S/C26H27N7O/c1-16(2)33-25(22-17(3)31-32(5)18(22)4)30-23-24(27-15-28-26(23)33)29-19-11-13-21(14-12-19)34-20-9-7-6-8-10-20/h6-16H,1-5H3,(H,27,28,29). The van der Waals surface area contributed by atoms with Gasteiger partial charge in [0.2, 0.25) is 0 Å². The number of nitrogens with zero attached hydrogens (tertiary/aromatic N) is 6. The van der Waals surface area contributed by atoms with Crippen LogP contribution in [0.3, 0.4) is 0 Å². The molecule has 34 heavy (non-hydrogen) atoms. The number of imidazole rings is 1. The topological polar surface area (TPSA) is 82.7 Å². The molecule has 0 spiro atoms. The maximum absolute atomic E-state index is 5.90. The van der Waals surface area contributed by atoms with Gasteiger partial charge in [-0.2, -0.15) is 5.10 Å². The number of anilines is 2. The second-order valence-electron chi connectivity index (χ2n) is 8.53. The number of aryl methyl sites for hydroxylation is 2. The fourth-order valence-electron chi connectivity index (χ4n) is 4.13. The largest absolute Gasteiger partial charge is 0.457 e. The van der Waals surface area contributed by atoms with E-state index in [1.54, 1.807) is 6.33 Å². The number of ether oxygens (including phenoxy) is 1. The normalized spacial score (nSPS) is 11.4. The molecule has 0 bridgehead atoms. The molecule has 8 nitrogen and oxygen atoms in total. The predicted molar refractivity (Wildman–Crippen MR) is 134 cm³/mol. The Bertz CT molecular complexity index is 1450. The number of benzene rings is 2. The number of rotatable bonds is 6. The van der Waals surface area contributed by atoms with Crippen molar-refractivity contribution in [1.29, 1.82) is 0 Å². The molecule has 0 aliphatic rings. The third kappa shape index (κ3) is 3.87. The van der Waals surface area contributed by atoms with Crippen molar-refractivity contribution >= 4 is 22.7 Å². The summed E-state index contributed by atoms with van der Waals surface area (Å²) in [6, 6.07) is 17.7. The quantitative estimate of drug-likeness (QED) is 0.342. The summed E-state index contributed by atoms with van der Waals surface area (Å²) in [5, 5.41) is 7.99. The molecule has 8 heteroatoms. The lowest BCUT2D eigenvalue weighted by Crippen LogP contribution is -2.05. The molecule has 0 amide bonds. The van der Waals surface area contributed by atoms with Crippen molar-refractivity contribution in [3.63, 3.8) is 0 Å². The summed E-state index contributed by atoms with van der Waals surface area (Å²) < 4.78 is 9.93. The van der Waals surface area contributed by atoms with Gasteiger partial charge in [-0.15, -0.1) is 0 Å². The molecule has 2 aromatic carbocycles. The van der Waals surface area contributed by atoms with Crippen molar-refractivity contribution in [2.24, 2.45) is 7.05 Å². The van der Waals surface area contributed by atoms with Crippen LogP contribution in [0.25, 0.3) is 22.6 Å². The number of hydrogen-bond acceptors (Lipinski definition) is 6. The SMILES string of the molecule is Cc1nn(C)c(C)c1-c1nc2c(Nc3ccc(Oc4ccccc4)cc3)ncnc2n1C(C)C. The van der Waals surface area contributed by atoms with Gasteiger partial charge in [0.1, 0.15) is 23.7 Å². The Morgan fingerprint density at radius 3 is 2.26 bits per heavy atom. The van der Waals surface area contributed by atoms with Gasteiger partial charge in [0.05, 0.1) is 11.3 Å². The van der Waals surface area contributed by atoms with E-state index in [0.717, 1.165) is 51.1 Å². The molecule has 3 aromatic heterocycles. The molecule has 0 aliphatic heterocycles. The van der Waals surface area contributed by atoms with E-state index < -0.39 is 0 Å². The van der Waals surface area contributed by atoms with Gasteiger partial charge in [0.25, 0.3) is 0 Å². The lowest BCUT2D eigenvalue weighted by atomic mass is 10.2. The molecule has 0 atom stereocenters. The Labute approximate surface area is 198 Å². The summed E-state index contributed by atoms with van der Waals surface area (Å²) in [5.41, 5.74) is 5.42.